The molecule has 0 atom stereocenters. The number of halogens is 1. The summed E-state index contributed by atoms with van der Waals surface area (Å²) in [7, 11) is 0. The van der Waals surface area contributed by atoms with Crippen molar-refractivity contribution < 1.29 is 5.11 Å². The van der Waals surface area contributed by atoms with E-state index in [1.54, 1.807) is 12.1 Å². The molecule has 0 amide bonds. The third kappa shape index (κ3) is 1.47. The summed E-state index contributed by atoms with van der Waals surface area (Å²) in [6.45, 7) is 0. The lowest BCUT2D eigenvalue weighted by molar-refractivity contribution is 0.475. The number of nitrogens with zero attached hydrogens (tertiary/aromatic N) is 2. The molecule has 0 radical (unpaired) electrons. The number of rotatable bonds is 1. The SMILES string of the molecule is Oc1ccn2c(C3CCCC3)nc(Cl)c2c1. The Morgan fingerprint density at radius 3 is 2.88 bits per heavy atom. The van der Waals surface area contributed by atoms with Crippen LogP contribution in [0.2, 0.25) is 5.15 Å². The largest absolute Gasteiger partial charge is 0.508 e. The molecular weight excluding hydrogens is 224 g/mol. The van der Waals surface area contributed by atoms with Gasteiger partial charge in [-0.2, -0.15) is 0 Å². The summed E-state index contributed by atoms with van der Waals surface area (Å²) in [5, 5.41) is 9.91. The number of pyridine rings is 1. The van der Waals surface area contributed by atoms with Crippen molar-refractivity contribution in [3.63, 3.8) is 0 Å². The van der Waals surface area contributed by atoms with Crippen LogP contribution < -0.4 is 0 Å². The van der Waals surface area contributed by atoms with E-state index in [4.69, 9.17) is 11.6 Å². The topological polar surface area (TPSA) is 37.5 Å². The molecule has 84 valence electrons. The van der Waals surface area contributed by atoms with Crippen molar-refractivity contribution in [1.82, 2.24) is 9.38 Å². The van der Waals surface area contributed by atoms with Gasteiger partial charge in [-0.25, -0.2) is 4.98 Å². The van der Waals surface area contributed by atoms with E-state index in [0.717, 1.165) is 11.3 Å². The molecular formula is C12H13ClN2O. The third-order valence-corrected chi connectivity index (χ3v) is 3.61. The van der Waals surface area contributed by atoms with Crippen LogP contribution in [0.15, 0.2) is 18.3 Å². The molecule has 1 aliphatic rings. The molecule has 2 aromatic heterocycles. The zero-order valence-corrected chi connectivity index (χ0v) is 9.61. The van der Waals surface area contributed by atoms with Gasteiger partial charge in [0.1, 0.15) is 11.6 Å². The standard InChI is InChI=1S/C12H13ClN2O/c13-11-10-7-9(16)5-6-15(10)12(14-11)8-3-1-2-4-8/h5-8,16H,1-4H2. The smallest absolute Gasteiger partial charge is 0.155 e. The maximum Gasteiger partial charge on any atom is 0.155 e. The van der Waals surface area contributed by atoms with Crippen molar-refractivity contribution in [2.24, 2.45) is 0 Å². The van der Waals surface area contributed by atoms with Gasteiger partial charge < -0.3 is 9.51 Å². The van der Waals surface area contributed by atoms with Crippen LogP contribution in [-0.2, 0) is 0 Å². The van der Waals surface area contributed by atoms with Gasteiger partial charge in [0, 0.05) is 18.2 Å². The highest BCUT2D eigenvalue weighted by Crippen LogP contribution is 2.35. The predicted molar refractivity (Wildman–Crippen MR) is 63.1 cm³/mol. The van der Waals surface area contributed by atoms with Crippen LogP contribution in [0.25, 0.3) is 5.52 Å². The Labute approximate surface area is 98.7 Å². The van der Waals surface area contributed by atoms with Gasteiger partial charge in [-0.1, -0.05) is 24.4 Å². The predicted octanol–water partition coefficient (Wildman–Crippen LogP) is 3.35. The van der Waals surface area contributed by atoms with Gasteiger partial charge in [0.2, 0.25) is 0 Å². The molecule has 0 spiro atoms. The molecule has 0 bridgehead atoms. The van der Waals surface area contributed by atoms with Crippen LogP contribution in [0.4, 0.5) is 0 Å². The van der Waals surface area contributed by atoms with Gasteiger partial charge in [-0.3, -0.25) is 0 Å². The van der Waals surface area contributed by atoms with Gasteiger partial charge in [-0.05, 0) is 18.9 Å². The van der Waals surface area contributed by atoms with Crippen LogP contribution in [0, 0.1) is 0 Å². The quantitative estimate of drug-likeness (QED) is 0.825. The highest BCUT2D eigenvalue weighted by molar-refractivity contribution is 6.32. The first-order chi connectivity index (χ1) is 7.75. The molecule has 0 saturated heterocycles. The molecule has 0 aliphatic heterocycles. The molecule has 1 aliphatic carbocycles. The van der Waals surface area contributed by atoms with E-state index in [2.05, 4.69) is 4.98 Å². The monoisotopic (exact) mass is 236 g/mol. The molecule has 2 heterocycles. The molecule has 1 fully saturated rings. The fourth-order valence-electron chi connectivity index (χ4n) is 2.53. The van der Waals surface area contributed by atoms with Crippen LogP contribution in [0.1, 0.15) is 37.4 Å². The van der Waals surface area contributed by atoms with Gasteiger partial charge in [0.25, 0.3) is 0 Å². The fourth-order valence-corrected chi connectivity index (χ4v) is 2.76. The first-order valence-electron chi connectivity index (χ1n) is 5.62. The molecule has 3 rings (SSSR count). The Kier molecular flexibility index (Phi) is 2.28. The van der Waals surface area contributed by atoms with E-state index in [-0.39, 0.29) is 5.75 Å². The fraction of sp³-hybridized carbons (Fsp3) is 0.417. The van der Waals surface area contributed by atoms with E-state index in [1.807, 2.05) is 10.6 Å². The van der Waals surface area contributed by atoms with Crippen molar-refractivity contribution in [2.45, 2.75) is 31.6 Å². The van der Waals surface area contributed by atoms with E-state index in [9.17, 15) is 5.11 Å². The summed E-state index contributed by atoms with van der Waals surface area (Å²) in [5.74, 6) is 1.79. The molecule has 2 aromatic rings. The third-order valence-electron chi connectivity index (χ3n) is 3.33. The highest BCUT2D eigenvalue weighted by atomic mass is 35.5. The number of hydrogen-bond donors (Lipinski definition) is 1. The van der Waals surface area contributed by atoms with Crippen molar-refractivity contribution in [2.75, 3.05) is 0 Å². The van der Waals surface area contributed by atoms with Gasteiger partial charge in [0.05, 0.1) is 5.52 Å². The van der Waals surface area contributed by atoms with Crippen LogP contribution >= 0.6 is 11.6 Å². The minimum absolute atomic E-state index is 0.229. The maximum absolute atomic E-state index is 9.43. The molecule has 0 unspecified atom stereocenters. The van der Waals surface area contributed by atoms with Crippen molar-refractivity contribution in [1.29, 1.82) is 0 Å². The lowest BCUT2D eigenvalue weighted by atomic mass is 10.1. The van der Waals surface area contributed by atoms with Crippen molar-refractivity contribution in [3.05, 3.63) is 29.3 Å². The lowest BCUT2D eigenvalue weighted by Gasteiger charge is -2.07. The second kappa shape index (κ2) is 3.67. The minimum atomic E-state index is 0.229. The normalized spacial score (nSPS) is 17.3. The maximum atomic E-state index is 9.43. The van der Waals surface area contributed by atoms with Crippen LogP contribution in [0.5, 0.6) is 5.75 Å². The number of fused-ring (bicyclic) bond motifs is 1. The van der Waals surface area contributed by atoms with Gasteiger partial charge in [0.15, 0.2) is 5.15 Å². The molecule has 16 heavy (non-hydrogen) atoms. The number of hydrogen-bond acceptors (Lipinski definition) is 2. The first kappa shape index (κ1) is 9.97. The zero-order valence-electron chi connectivity index (χ0n) is 8.86. The number of aromatic nitrogens is 2. The van der Waals surface area contributed by atoms with Gasteiger partial charge in [-0.15, -0.1) is 0 Å². The Morgan fingerprint density at radius 1 is 1.38 bits per heavy atom. The Balaban J connectivity index is 2.18. The summed E-state index contributed by atoms with van der Waals surface area (Å²) in [4.78, 5) is 4.43. The minimum Gasteiger partial charge on any atom is -0.508 e. The second-order valence-corrected chi connectivity index (χ2v) is 4.74. The molecule has 0 aromatic carbocycles. The lowest BCUT2D eigenvalue weighted by Crippen LogP contribution is -1.99. The Hall–Kier alpha value is -1.22. The summed E-state index contributed by atoms with van der Waals surface area (Å²) in [6, 6.07) is 3.33. The molecule has 4 heteroatoms. The first-order valence-corrected chi connectivity index (χ1v) is 6.00. The number of imidazole rings is 1. The highest BCUT2D eigenvalue weighted by Gasteiger charge is 2.22. The Bertz CT molecular complexity index is 529. The summed E-state index contributed by atoms with van der Waals surface area (Å²) in [5.41, 5.74) is 0.795. The zero-order chi connectivity index (χ0) is 11.1. The van der Waals surface area contributed by atoms with Crippen molar-refractivity contribution in [3.8, 4) is 5.75 Å². The number of aromatic hydroxyl groups is 1. The Morgan fingerprint density at radius 2 is 2.12 bits per heavy atom. The van der Waals surface area contributed by atoms with Crippen molar-refractivity contribution >= 4 is 17.1 Å². The molecule has 1 saturated carbocycles. The van der Waals surface area contributed by atoms with Crippen LogP contribution in [-0.4, -0.2) is 14.5 Å². The molecule has 3 nitrogen and oxygen atoms in total. The average molecular weight is 237 g/mol. The van der Waals surface area contributed by atoms with E-state index in [1.165, 1.54) is 25.7 Å². The summed E-state index contributed by atoms with van der Waals surface area (Å²) < 4.78 is 2.00. The van der Waals surface area contributed by atoms with E-state index >= 15 is 0 Å². The van der Waals surface area contributed by atoms with Crippen LogP contribution in [0.3, 0.4) is 0 Å². The summed E-state index contributed by atoms with van der Waals surface area (Å²) in [6.07, 6.45) is 6.77. The van der Waals surface area contributed by atoms with E-state index in [0.29, 0.717) is 11.1 Å². The van der Waals surface area contributed by atoms with Gasteiger partial charge >= 0.3 is 0 Å². The molecule has 1 N–H and O–H groups in total. The second-order valence-electron chi connectivity index (χ2n) is 4.38. The summed E-state index contributed by atoms with van der Waals surface area (Å²) >= 11 is 6.09. The average Bonchev–Trinajstić information content (AvgIpc) is 2.87. The van der Waals surface area contributed by atoms with E-state index < -0.39 is 0 Å².